The highest BCUT2D eigenvalue weighted by atomic mass is 79.9. The molecule has 0 spiro atoms. The van der Waals surface area contributed by atoms with Gasteiger partial charge >= 0.3 is 0 Å². The second kappa shape index (κ2) is 6.94. The Bertz CT molecular complexity index is 1030. The fourth-order valence-electron chi connectivity index (χ4n) is 3.44. The molecule has 142 valence electrons. The number of halogens is 1. The Morgan fingerprint density at radius 3 is 2.64 bits per heavy atom. The third-order valence-electron chi connectivity index (χ3n) is 4.86. The van der Waals surface area contributed by atoms with Crippen LogP contribution in [-0.4, -0.2) is 35.8 Å². The predicted molar refractivity (Wildman–Crippen MR) is 105 cm³/mol. The van der Waals surface area contributed by atoms with E-state index in [0.29, 0.717) is 49.4 Å². The van der Waals surface area contributed by atoms with Crippen molar-refractivity contribution in [2.75, 3.05) is 24.7 Å². The molecule has 5 rings (SSSR count). The van der Waals surface area contributed by atoms with Crippen molar-refractivity contribution < 1.29 is 18.8 Å². The number of fused-ring (bicyclic) bond motifs is 1. The van der Waals surface area contributed by atoms with Gasteiger partial charge in [-0.3, -0.25) is 4.79 Å². The molecule has 1 aromatic heterocycles. The molecule has 0 N–H and O–H groups in total. The molecule has 0 radical (unpaired) electrons. The number of carbonyl (C=O) groups excluding carboxylic acids is 1. The van der Waals surface area contributed by atoms with Crippen LogP contribution >= 0.6 is 15.9 Å². The zero-order chi connectivity index (χ0) is 19.1. The summed E-state index contributed by atoms with van der Waals surface area (Å²) in [5.74, 6) is 2.24. The van der Waals surface area contributed by atoms with E-state index < -0.39 is 0 Å². The van der Waals surface area contributed by atoms with Gasteiger partial charge in [-0.1, -0.05) is 21.1 Å². The minimum atomic E-state index is -0.141. The van der Waals surface area contributed by atoms with Crippen LogP contribution < -0.4 is 14.4 Å². The Balaban J connectivity index is 1.36. The number of hydrogen-bond donors (Lipinski definition) is 0. The van der Waals surface area contributed by atoms with Crippen LogP contribution in [0.5, 0.6) is 11.5 Å². The van der Waals surface area contributed by atoms with Gasteiger partial charge in [0.2, 0.25) is 17.6 Å². The molecule has 1 saturated heterocycles. The third kappa shape index (κ3) is 3.13. The van der Waals surface area contributed by atoms with E-state index in [4.69, 9.17) is 14.0 Å². The number of ether oxygens (including phenoxy) is 2. The molecule has 2 aliphatic rings. The monoisotopic (exact) mass is 441 g/mol. The Morgan fingerprint density at radius 2 is 1.82 bits per heavy atom. The summed E-state index contributed by atoms with van der Waals surface area (Å²) in [7, 11) is 0. The number of amides is 1. The van der Waals surface area contributed by atoms with Gasteiger partial charge in [0.15, 0.2) is 11.5 Å². The van der Waals surface area contributed by atoms with Crippen LogP contribution in [0.4, 0.5) is 5.69 Å². The van der Waals surface area contributed by atoms with E-state index in [0.717, 1.165) is 15.7 Å². The maximum absolute atomic E-state index is 12.6. The minimum absolute atomic E-state index is 0.0186. The lowest BCUT2D eigenvalue weighted by atomic mass is 10.1. The predicted octanol–water partition coefficient (Wildman–Crippen LogP) is 3.79. The maximum Gasteiger partial charge on any atom is 0.232 e. The average Bonchev–Trinajstić information content (AvgIpc) is 3.35. The van der Waals surface area contributed by atoms with E-state index in [1.165, 1.54) is 0 Å². The van der Waals surface area contributed by atoms with Gasteiger partial charge in [-0.15, -0.1) is 0 Å². The number of aromatic nitrogens is 2. The molecule has 0 saturated carbocycles. The van der Waals surface area contributed by atoms with Gasteiger partial charge in [0.05, 0.1) is 5.92 Å². The maximum atomic E-state index is 12.6. The van der Waals surface area contributed by atoms with Gasteiger partial charge in [-0.25, -0.2) is 0 Å². The van der Waals surface area contributed by atoms with Crippen molar-refractivity contribution in [3.63, 3.8) is 0 Å². The quantitative estimate of drug-likeness (QED) is 0.615. The molecule has 0 bridgehead atoms. The van der Waals surface area contributed by atoms with Gasteiger partial charge in [0.25, 0.3) is 0 Å². The summed E-state index contributed by atoms with van der Waals surface area (Å²) < 4.78 is 17.6. The molecule has 0 unspecified atom stereocenters. The second-order valence-electron chi connectivity index (χ2n) is 6.70. The van der Waals surface area contributed by atoms with Crippen molar-refractivity contribution in [1.29, 1.82) is 0 Å². The van der Waals surface area contributed by atoms with E-state index in [-0.39, 0.29) is 11.8 Å². The lowest BCUT2D eigenvalue weighted by Gasteiger charge is -2.22. The molecule has 8 heteroatoms. The third-order valence-corrected chi connectivity index (χ3v) is 5.38. The number of carbonyl (C=O) groups is 1. The van der Waals surface area contributed by atoms with Crippen LogP contribution in [0.3, 0.4) is 0 Å². The molecule has 1 atom stereocenters. The zero-order valence-corrected chi connectivity index (χ0v) is 16.4. The minimum Gasteiger partial charge on any atom is -0.486 e. The van der Waals surface area contributed by atoms with Gasteiger partial charge in [0.1, 0.15) is 13.2 Å². The molecule has 1 fully saturated rings. The van der Waals surface area contributed by atoms with Crippen molar-refractivity contribution in [1.82, 2.24) is 10.1 Å². The smallest absolute Gasteiger partial charge is 0.232 e. The summed E-state index contributed by atoms with van der Waals surface area (Å²) in [6, 6.07) is 13.2. The van der Waals surface area contributed by atoms with E-state index in [2.05, 4.69) is 26.1 Å². The van der Waals surface area contributed by atoms with Crippen LogP contribution in [0.1, 0.15) is 18.2 Å². The molecule has 1 amide bonds. The van der Waals surface area contributed by atoms with Crippen molar-refractivity contribution in [2.24, 2.45) is 0 Å². The molecule has 7 nitrogen and oxygen atoms in total. The van der Waals surface area contributed by atoms with Crippen molar-refractivity contribution in [3.8, 4) is 22.9 Å². The lowest BCUT2D eigenvalue weighted by Crippen LogP contribution is -2.24. The van der Waals surface area contributed by atoms with Crippen LogP contribution in [0, 0.1) is 0 Å². The fourth-order valence-corrected chi connectivity index (χ4v) is 3.70. The summed E-state index contributed by atoms with van der Waals surface area (Å²) in [6.45, 7) is 1.53. The summed E-state index contributed by atoms with van der Waals surface area (Å²) in [5, 5.41) is 4.07. The molecule has 0 aliphatic carbocycles. The number of benzene rings is 2. The molecule has 28 heavy (non-hydrogen) atoms. The van der Waals surface area contributed by atoms with Crippen molar-refractivity contribution in [3.05, 3.63) is 52.8 Å². The summed E-state index contributed by atoms with van der Waals surface area (Å²) in [6.07, 6.45) is 0.330. The van der Waals surface area contributed by atoms with Gasteiger partial charge in [-0.2, -0.15) is 4.98 Å². The van der Waals surface area contributed by atoms with Crippen molar-refractivity contribution >= 4 is 27.5 Å². The van der Waals surface area contributed by atoms with Crippen molar-refractivity contribution in [2.45, 2.75) is 12.3 Å². The first-order valence-electron chi connectivity index (χ1n) is 8.97. The zero-order valence-electron chi connectivity index (χ0n) is 14.8. The highest BCUT2D eigenvalue weighted by molar-refractivity contribution is 9.10. The van der Waals surface area contributed by atoms with E-state index in [1.807, 2.05) is 42.5 Å². The lowest BCUT2D eigenvalue weighted by molar-refractivity contribution is -0.117. The van der Waals surface area contributed by atoms with E-state index in [9.17, 15) is 4.79 Å². The summed E-state index contributed by atoms with van der Waals surface area (Å²) in [5.41, 5.74) is 1.65. The Morgan fingerprint density at radius 1 is 1.04 bits per heavy atom. The van der Waals surface area contributed by atoms with Crippen LogP contribution in [0.15, 0.2) is 51.5 Å². The summed E-state index contributed by atoms with van der Waals surface area (Å²) in [4.78, 5) is 18.8. The first-order chi connectivity index (χ1) is 13.7. The molecule has 2 aliphatic heterocycles. The number of nitrogens with zero attached hydrogens (tertiary/aromatic N) is 3. The number of rotatable bonds is 3. The number of anilines is 1. The van der Waals surface area contributed by atoms with E-state index >= 15 is 0 Å². The largest absolute Gasteiger partial charge is 0.486 e. The first kappa shape index (κ1) is 17.2. The van der Waals surface area contributed by atoms with Crippen LogP contribution in [0.25, 0.3) is 11.4 Å². The van der Waals surface area contributed by atoms with Gasteiger partial charge in [0, 0.05) is 34.8 Å². The highest BCUT2D eigenvalue weighted by Gasteiger charge is 2.35. The molecule has 2 aromatic carbocycles. The fraction of sp³-hybridized carbons (Fsp3) is 0.250. The van der Waals surface area contributed by atoms with Gasteiger partial charge < -0.3 is 18.9 Å². The van der Waals surface area contributed by atoms with Gasteiger partial charge in [-0.05, 0) is 36.4 Å². The molecule has 3 heterocycles. The SMILES string of the molecule is O=C1C[C@@H](c2nc(-c3ccc(Br)cc3)no2)CN1c1ccc2c(c1)OCCO2. The van der Waals surface area contributed by atoms with E-state index in [1.54, 1.807) is 4.90 Å². The molecular weight excluding hydrogens is 426 g/mol. The molecular formula is C20H16BrN3O4. The first-order valence-corrected chi connectivity index (χ1v) is 9.76. The standard InChI is InChI=1S/C20H16BrN3O4/c21-14-3-1-12(2-4-14)19-22-20(28-23-19)13-9-18(25)24(11-13)15-5-6-16-17(10-15)27-8-7-26-16/h1-6,10,13H,7-9,11H2/t13-/m1/s1. The van der Waals surface area contributed by atoms with Crippen LogP contribution in [0.2, 0.25) is 0 Å². The molecule has 3 aromatic rings. The van der Waals surface area contributed by atoms with Crippen LogP contribution in [-0.2, 0) is 4.79 Å². The Hall–Kier alpha value is -2.87. The topological polar surface area (TPSA) is 77.7 Å². The number of hydrogen-bond acceptors (Lipinski definition) is 6. The Kier molecular flexibility index (Phi) is 4.27. The second-order valence-corrected chi connectivity index (χ2v) is 7.61. The Labute approximate surface area is 169 Å². The average molecular weight is 442 g/mol. The summed E-state index contributed by atoms with van der Waals surface area (Å²) >= 11 is 3.41. The normalized spacial score (nSPS) is 18.5. The highest BCUT2D eigenvalue weighted by Crippen LogP contribution is 2.37.